The standard InChI is InChI=1S/C12H12N2OS/c1-9(11-3-2-8-16-11)14-12(15)10-4-6-13-7-5-10/h2-9H,1H3,(H,14,15). The molecule has 1 N–H and O–H groups in total. The van der Waals surface area contributed by atoms with Gasteiger partial charge in [-0.1, -0.05) is 6.07 Å². The molecule has 0 spiro atoms. The van der Waals surface area contributed by atoms with Crippen LogP contribution in [0.15, 0.2) is 42.0 Å². The maximum absolute atomic E-state index is 11.8. The van der Waals surface area contributed by atoms with Crippen LogP contribution in [0.1, 0.15) is 28.2 Å². The van der Waals surface area contributed by atoms with Gasteiger partial charge in [0.15, 0.2) is 0 Å². The zero-order valence-electron chi connectivity index (χ0n) is 8.88. The predicted molar refractivity (Wildman–Crippen MR) is 64.4 cm³/mol. The topological polar surface area (TPSA) is 42.0 Å². The molecule has 2 rings (SSSR count). The van der Waals surface area contributed by atoms with E-state index in [0.717, 1.165) is 4.88 Å². The fourth-order valence-electron chi connectivity index (χ4n) is 1.39. The summed E-state index contributed by atoms with van der Waals surface area (Å²) in [5.41, 5.74) is 0.637. The first-order chi connectivity index (χ1) is 7.77. The SMILES string of the molecule is CC(NC(=O)c1ccncc1)c1cccs1. The van der Waals surface area contributed by atoms with E-state index in [1.165, 1.54) is 0 Å². The van der Waals surface area contributed by atoms with E-state index in [2.05, 4.69) is 10.3 Å². The van der Waals surface area contributed by atoms with Gasteiger partial charge in [-0.05, 0) is 30.5 Å². The summed E-state index contributed by atoms with van der Waals surface area (Å²) in [6.07, 6.45) is 3.23. The van der Waals surface area contributed by atoms with Crippen molar-refractivity contribution in [3.8, 4) is 0 Å². The molecule has 0 aliphatic rings. The van der Waals surface area contributed by atoms with Gasteiger partial charge in [-0.15, -0.1) is 11.3 Å². The summed E-state index contributed by atoms with van der Waals surface area (Å²) in [5.74, 6) is -0.0664. The van der Waals surface area contributed by atoms with Crippen molar-refractivity contribution < 1.29 is 4.79 Å². The summed E-state index contributed by atoms with van der Waals surface area (Å²) in [5, 5.41) is 4.95. The van der Waals surface area contributed by atoms with Gasteiger partial charge in [0, 0.05) is 22.8 Å². The average Bonchev–Trinajstić information content (AvgIpc) is 2.83. The Morgan fingerprint density at radius 3 is 2.75 bits per heavy atom. The van der Waals surface area contributed by atoms with Crippen LogP contribution in [0.4, 0.5) is 0 Å². The molecule has 2 aromatic rings. The Kier molecular flexibility index (Phi) is 3.31. The lowest BCUT2D eigenvalue weighted by atomic mass is 10.2. The molecule has 0 aliphatic carbocycles. The molecule has 0 bridgehead atoms. The normalized spacial score (nSPS) is 12.1. The molecule has 0 aromatic carbocycles. The number of hydrogen-bond donors (Lipinski definition) is 1. The number of nitrogens with zero attached hydrogens (tertiary/aromatic N) is 1. The number of hydrogen-bond acceptors (Lipinski definition) is 3. The van der Waals surface area contributed by atoms with E-state index in [1.807, 2.05) is 24.4 Å². The Balaban J connectivity index is 2.03. The van der Waals surface area contributed by atoms with Crippen LogP contribution in [0, 0.1) is 0 Å². The second-order valence-corrected chi connectivity index (χ2v) is 4.43. The number of thiophene rings is 1. The predicted octanol–water partition coefficient (Wildman–Crippen LogP) is 2.63. The zero-order valence-corrected chi connectivity index (χ0v) is 9.70. The van der Waals surface area contributed by atoms with Crippen molar-refractivity contribution in [3.63, 3.8) is 0 Å². The first-order valence-corrected chi connectivity index (χ1v) is 5.89. The summed E-state index contributed by atoms with van der Waals surface area (Å²) in [6.45, 7) is 1.98. The number of nitrogens with one attached hydrogen (secondary N) is 1. The highest BCUT2D eigenvalue weighted by Gasteiger charge is 2.11. The molecule has 82 valence electrons. The molecule has 0 saturated carbocycles. The van der Waals surface area contributed by atoms with Gasteiger partial charge >= 0.3 is 0 Å². The van der Waals surface area contributed by atoms with Crippen molar-refractivity contribution >= 4 is 17.2 Å². The van der Waals surface area contributed by atoms with Crippen molar-refractivity contribution in [2.45, 2.75) is 13.0 Å². The van der Waals surface area contributed by atoms with Crippen LogP contribution in [0.25, 0.3) is 0 Å². The number of carbonyl (C=O) groups excluding carboxylic acids is 1. The highest BCUT2D eigenvalue weighted by molar-refractivity contribution is 7.10. The Labute approximate surface area is 98.2 Å². The Bertz CT molecular complexity index is 453. The third-order valence-electron chi connectivity index (χ3n) is 2.26. The van der Waals surface area contributed by atoms with Crippen LogP contribution in [0.2, 0.25) is 0 Å². The lowest BCUT2D eigenvalue weighted by Crippen LogP contribution is -2.26. The van der Waals surface area contributed by atoms with Gasteiger partial charge in [0.1, 0.15) is 0 Å². The Morgan fingerprint density at radius 1 is 1.38 bits per heavy atom. The van der Waals surface area contributed by atoms with Gasteiger partial charge < -0.3 is 5.32 Å². The first kappa shape index (κ1) is 10.8. The van der Waals surface area contributed by atoms with Crippen molar-refractivity contribution in [2.75, 3.05) is 0 Å². The second kappa shape index (κ2) is 4.90. The molecular formula is C12H12N2OS. The highest BCUT2D eigenvalue weighted by atomic mass is 32.1. The number of rotatable bonds is 3. The van der Waals surface area contributed by atoms with Crippen molar-refractivity contribution in [1.82, 2.24) is 10.3 Å². The third kappa shape index (κ3) is 2.46. The van der Waals surface area contributed by atoms with E-state index in [1.54, 1.807) is 35.9 Å². The van der Waals surface area contributed by atoms with E-state index >= 15 is 0 Å². The van der Waals surface area contributed by atoms with E-state index < -0.39 is 0 Å². The number of pyridine rings is 1. The lowest BCUT2D eigenvalue weighted by Gasteiger charge is -2.11. The lowest BCUT2D eigenvalue weighted by molar-refractivity contribution is 0.0940. The number of aromatic nitrogens is 1. The molecule has 2 heterocycles. The van der Waals surface area contributed by atoms with E-state index in [4.69, 9.17) is 0 Å². The maximum atomic E-state index is 11.8. The van der Waals surface area contributed by atoms with Crippen LogP contribution < -0.4 is 5.32 Å². The van der Waals surface area contributed by atoms with E-state index in [-0.39, 0.29) is 11.9 Å². The van der Waals surface area contributed by atoms with Crippen LogP contribution in [-0.2, 0) is 0 Å². The quantitative estimate of drug-likeness (QED) is 0.884. The summed E-state index contributed by atoms with van der Waals surface area (Å²) in [6, 6.07) is 7.45. The summed E-state index contributed by atoms with van der Waals surface area (Å²) >= 11 is 1.64. The smallest absolute Gasteiger partial charge is 0.251 e. The molecule has 1 amide bonds. The average molecular weight is 232 g/mol. The van der Waals surface area contributed by atoms with Gasteiger partial charge in [-0.2, -0.15) is 0 Å². The minimum atomic E-state index is -0.0664. The second-order valence-electron chi connectivity index (χ2n) is 3.45. The molecule has 0 aliphatic heterocycles. The molecule has 16 heavy (non-hydrogen) atoms. The fourth-order valence-corrected chi connectivity index (χ4v) is 2.13. The maximum Gasteiger partial charge on any atom is 0.251 e. The summed E-state index contributed by atoms with van der Waals surface area (Å²) in [7, 11) is 0. The molecule has 1 unspecified atom stereocenters. The van der Waals surface area contributed by atoms with Gasteiger partial charge in [-0.25, -0.2) is 0 Å². The van der Waals surface area contributed by atoms with Gasteiger partial charge in [0.2, 0.25) is 0 Å². The summed E-state index contributed by atoms with van der Waals surface area (Å²) in [4.78, 5) is 16.8. The van der Waals surface area contributed by atoms with Crippen LogP contribution in [0.3, 0.4) is 0 Å². The van der Waals surface area contributed by atoms with E-state index in [9.17, 15) is 4.79 Å². The first-order valence-electron chi connectivity index (χ1n) is 5.01. The fraction of sp³-hybridized carbons (Fsp3) is 0.167. The van der Waals surface area contributed by atoms with Crippen LogP contribution in [-0.4, -0.2) is 10.9 Å². The molecule has 1 atom stereocenters. The van der Waals surface area contributed by atoms with Crippen molar-refractivity contribution in [1.29, 1.82) is 0 Å². The van der Waals surface area contributed by atoms with Crippen LogP contribution >= 0.6 is 11.3 Å². The minimum absolute atomic E-state index is 0.0423. The highest BCUT2D eigenvalue weighted by Crippen LogP contribution is 2.18. The summed E-state index contributed by atoms with van der Waals surface area (Å²) < 4.78 is 0. The molecule has 0 saturated heterocycles. The largest absolute Gasteiger partial charge is 0.345 e. The molecule has 4 heteroatoms. The van der Waals surface area contributed by atoms with Gasteiger partial charge in [0.25, 0.3) is 5.91 Å². The zero-order chi connectivity index (χ0) is 11.4. The number of carbonyl (C=O) groups is 1. The molecular weight excluding hydrogens is 220 g/mol. The third-order valence-corrected chi connectivity index (χ3v) is 3.32. The van der Waals surface area contributed by atoms with Gasteiger partial charge in [-0.3, -0.25) is 9.78 Å². The van der Waals surface area contributed by atoms with E-state index in [0.29, 0.717) is 5.56 Å². The molecule has 2 aromatic heterocycles. The minimum Gasteiger partial charge on any atom is -0.345 e. The van der Waals surface area contributed by atoms with Crippen LogP contribution in [0.5, 0.6) is 0 Å². The number of amides is 1. The van der Waals surface area contributed by atoms with Crippen molar-refractivity contribution in [3.05, 3.63) is 52.5 Å². The molecule has 3 nitrogen and oxygen atoms in total. The van der Waals surface area contributed by atoms with Gasteiger partial charge in [0.05, 0.1) is 6.04 Å². The Hall–Kier alpha value is -1.68. The molecule has 0 fully saturated rings. The molecule has 0 radical (unpaired) electrons. The Morgan fingerprint density at radius 2 is 2.12 bits per heavy atom. The van der Waals surface area contributed by atoms with Crippen molar-refractivity contribution in [2.24, 2.45) is 0 Å². The monoisotopic (exact) mass is 232 g/mol.